The van der Waals surface area contributed by atoms with Crippen LogP contribution in [0.1, 0.15) is 6.42 Å². The highest BCUT2D eigenvalue weighted by molar-refractivity contribution is 7.22. The van der Waals surface area contributed by atoms with Crippen molar-refractivity contribution in [2.75, 3.05) is 31.3 Å². The van der Waals surface area contributed by atoms with Gasteiger partial charge in [0, 0.05) is 0 Å². The molecule has 0 unspecified atom stereocenters. The van der Waals surface area contributed by atoms with Crippen LogP contribution in [0.3, 0.4) is 0 Å². The van der Waals surface area contributed by atoms with Crippen molar-refractivity contribution in [2.24, 2.45) is 0 Å². The molecule has 2 N–H and O–H groups in total. The monoisotopic (exact) mass is 363 g/mol. The lowest BCUT2D eigenvalue weighted by atomic mass is 10.00. The number of ether oxygens (including phenoxy) is 3. The molecular formula is C16H17N3O5S. The van der Waals surface area contributed by atoms with Gasteiger partial charge >= 0.3 is 6.03 Å². The van der Waals surface area contributed by atoms with E-state index in [0.29, 0.717) is 42.9 Å². The summed E-state index contributed by atoms with van der Waals surface area (Å²) < 4.78 is 17.8. The Hall–Kier alpha value is -2.10. The second-order valence-electron chi connectivity index (χ2n) is 6.30. The fourth-order valence-electron chi connectivity index (χ4n) is 3.60. The van der Waals surface area contributed by atoms with Crippen molar-refractivity contribution in [1.82, 2.24) is 10.3 Å². The number of hydrogen-bond donors (Lipinski definition) is 2. The summed E-state index contributed by atoms with van der Waals surface area (Å²) in [5.74, 6) is 1.33. The minimum Gasteiger partial charge on any atom is -0.486 e. The lowest BCUT2D eigenvalue weighted by molar-refractivity contribution is -0.0318. The predicted molar refractivity (Wildman–Crippen MR) is 90.6 cm³/mol. The molecule has 1 aromatic heterocycles. The summed E-state index contributed by atoms with van der Waals surface area (Å²) in [7, 11) is 0. The van der Waals surface area contributed by atoms with Crippen molar-refractivity contribution >= 4 is 32.7 Å². The molecule has 9 heteroatoms. The first-order valence-corrected chi connectivity index (χ1v) is 9.07. The number of carbonyl (C=O) groups is 1. The normalized spacial score (nSPS) is 28.1. The van der Waals surface area contributed by atoms with Gasteiger partial charge in [0.15, 0.2) is 16.6 Å². The number of urea groups is 1. The van der Waals surface area contributed by atoms with Gasteiger partial charge < -0.3 is 24.6 Å². The standard InChI is InChI=1S/C16H17N3O5S/c20-6-8-5-10-9(7-24-8)17-15(21)19(10)16-18-13-12(25-16)2-1-11-14(13)23-4-3-22-11/h1-2,8-10,20H,3-7H2,(H,17,21)/t8-,9+,10-/m1/s1. The molecule has 0 spiro atoms. The molecule has 2 fully saturated rings. The van der Waals surface area contributed by atoms with Crippen molar-refractivity contribution in [3.05, 3.63) is 12.1 Å². The summed E-state index contributed by atoms with van der Waals surface area (Å²) in [4.78, 5) is 18.9. The molecule has 8 nitrogen and oxygen atoms in total. The summed E-state index contributed by atoms with van der Waals surface area (Å²) in [6.45, 7) is 1.36. The van der Waals surface area contributed by atoms with Gasteiger partial charge in [0.05, 0.1) is 36.1 Å². The van der Waals surface area contributed by atoms with Gasteiger partial charge in [-0.1, -0.05) is 11.3 Å². The molecular weight excluding hydrogens is 346 g/mol. The number of fused-ring (bicyclic) bond motifs is 4. The molecule has 4 heterocycles. The molecule has 0 radical (unpaired) electrons. The third-order valence-electron chi connectivity index (χ3n) is 4.80. The molecule has 2 saturated heterocycles. The summed E-state index contributed by atoms with van der Waals surface area (Å²) in [6, 6.07) is 3.47. The first-order valence-electron chi connectivity index (χ1n) is 8.26. The maximum absolute atomic E-state index is 12.5. The molecule has 5 rings (SSSR count). The second-order valence-corrected chi connectivity index (χ2v) is 7.31. The van der Waals surface area contributed by atoms with Gasteiger partial charge in [0.25, 0.3) is 0 Å². The number of benzene rings is 1. The number of aliphatic hydroxyl groups is 1. The van der Waals surface area contributed by atoms with Gasteiger partial charge in [-0.25, -0.2) is 9.78 Å². The van der Waals surface area contributed by atoms with E-state index >= 15 is 0 Å². The Bertz CT molecular complexity index is 841. The Morgan fingerprint density at radius 3 is 3.12 bits per heavy atom. The third-order valence-corrected chi connectivity index (χ3v) is 5.82. The van der Waals surface area contributed by atoms with Crippen LogP contribution in [0.4, 0.5) is 9.93 Å². The molecule has 0 saturated carbocycles. The number of hydrogen-bond acceptors (Lipinski definition) is 7. The van der Waals surface area contributed by atoms with Crippen LogP contribution in [0, 0.1) is 0 Å². The highest BCUT2D eigenvalue weighted by atomic mass is 32.1. The van der Waals surface area contributed by atoms with Gasteiger partial charge in [0.1, 0.15) is 18.7 Å². The first-order chi connectivity index (χ1) is 12.2. The molecule has 0 bridgehead atoms. The number of rotatable bonds is 2. The fraction of sp³-hybridized carbons (Fsp3) is 0.500. The fourth-order valence-corrected chi connectivity index (χ4v) is 4.62. The molecule has 0 aliphatic carbocycles. The van der Waals surface area contributed by atoms with Gasteiger partial charge in [-0.05, 0) is 18.6 Å². The molecule has 3 aliphatic heterocycles. The Kier molecular flexibility index (Phi) is 3.47. The second kappa shape index (κ2) is 5.72. The smallest absolute Gasteiger partial charge is 0.324 e. The Morgan fingerprint density at radius 1 is 1.36 bits per heavy atom. The van der Waals surface area contributed by atoms with Crippen LogP contribution in [0.2, 0.25) is 0 Å². The van der Waals surface area contributed by atoms with E-state index in [0.717, 1.165) is 10.2 Å². The summed E-state index contributed by atoms with van der Waals surface area (Å²) in [5, 5.41) is 13.0. The van der Waals surface area contributed by atoms with E-state index < -0.39 is 0 Å². The Balaban J connectivity index is 1.54. The van der Waals surface area contributed by atoms with Crippen LogP contribution in [0.5, 0.6) is 11.5 Å². The molecule has 3 atom stereocenters. The average Bonchev–Trinajstić information content (AvgIpc) is 3.20. The van der Waals surface area contributed by atoms with Crippen molar-refractivity contribution in [3.63, 3.8) is 0 Å². The molecule has 132 valence electrons. The van der Waals surface area contributed by atoms with Crippen LogP contribution >= 0.6 is 11.3 Å². The number of aromatic nitrogens is 1. The molecule has 3 aliphatic rings. The van der Waals surface area contributed by atoms with Crippen molar-refractivity contribution < 1.29 is 24.1 Å². The maximum atomic E-state index is 12.5. The molecule has 2 amide bonds. The summed E-state index contributed by atoms with van der Waals surface area (Å²) in [6.07, 6.45) is 0.323. The van der Waals surface area contributed by atoms with E-state index in [-0.39, 0.29) is 30.8 Å². The highest BCUT2D eigenvalue weighted by Crippen LogP contribution is 2.43. The SMILES string of the molecule is O=C1N[C@H]2CO[C@@H](CO)C[C@H]2N1c1nc2c3c(ccc2s1)OCCO3. The Labute approximate surface area is 147 Å². The minimum absolute atomic E-state index is 0.0518. The van der Waals surface area contributed by atoms with Gasteiger partial charge in [-0.2, -0.15) is 0 Å². The van der Waals surface area contributed by atoms with Crippen LogP contribution in [0.25, 0.3) is 10.2 Å². The predicted octanol–water partition coefficient (Wildman–Crippen LogP) is 1.12. The third kappa shape index (κ3) is 2.34. The number of carbonyl (C=O) groups excluding carboxylic acids is 1. The van der Waals surface area contributed by atoms with E-state index in [4.69, 9.17) is 14.2 Å². The number of aliphatic hydroxyl groups excluding tert-OH is 1. The largest absolute Gasteiger partial charge is 0.486 e. The first kappa shape index (κ1) is 15.2. The highest BCUT2D eigenvalue weighted by Gasteiger charge is 2.45. The number of anilines is 1. The Morgan fingerprint density at radius 2 is 2.24 bits per heavy atom. The zero-order valence-corrected chi connectivity index (χ0v) is 14.1. The van der Waals surface area contributed by atoms with Crippen LogP contribution in [-0.4, -0.2) is 60.7 Å². The van der Waals surface area contributed by atoms with Crippen LogP contribution < -0.4 is 19.7 Å². The molecule has 2 aromatic rings. The molecule has 25 heavy (non-hydrogen) atoms. The van der Waals surface area contributed by atoms with E-state index in [1.165, 1.54) is 11.3 Å². The number of nitrogens with one attached hydrogen (secondary N) is 1. The van der Waals surface area contributed by atoms with E-state index in [1.54, 1.807) is 4.90 Å². The quantitative estimate of drug-likeness (QED) is 0.830. The van der Waals surface area contributed by atoms with E-state index in [1.807, 2.05) is 12.1 Å². The van der Waals surface area contributed by atoms with Crippen LogP contribution in [0.15, 0.2) is 12.1 Å². The summed E-state index contributed by atoms with van der Waals surface area (Å²) in [5.41, 5.74) is 0.721. The van der Waals surface area contributed by atoms with Crippen molar-refractivity contribution in [2.45, 2.75) is 24.6 Å². The van der Waals surface area contributed by atoms with Gasteiger partial charge in [-0.15, -0.1) is 0 Å². The lowest BCUT2D eigenvalue weighted by Gasteiger charge is -2.33. The number of nitrogens with zero attached hydrogens (tertiary/aromatic N) is 2. The zero-order chi connectivity index (χ0) is 17.0. The average molecular weight is 363 g/mol. The maximum Gasteiger partial charge on any atom is 0.324 e. The number of thiazole rings is 1. The van der Waals surface area contributed by atoms with Crippen molar-refractivity contribution in [3.8, 4) is 11.5 Å². The zero-order valence-electron chi connectivity index (χ0n) is 13.3. The van der Waals surface area contributed by atoms with E-state index in [9.17, 15) is 9.90 Å². The topological polar surface area (TPSA) is 93.2 Å². The minimum atomic E-state index is -0.254. The molecule has 1 aromatic carbocycles. The van der Waals surface area contributed by atoms with Gasteiger partial charge in [0.2, 0.25) is 0 Å². The van der Waals surface area contributed by atoms with Gasteiger partial charge in [-0.3, -0.25) is 4.90 Å². The number of amides is 2. The lowest BCUT2D eigenvalue weighted by Crippen LogP contribution is -2.48. The van der Waals surface area contributed by atoms with E-state index in [2.05, 4.69) is 10.3 Å². The van der Waals surface area contributed by atoms with Crippen LogP contribution in [-0.2, 0) is 4.74 Å². The summed E-state index contributed by atoms with van der Waals surface area (Å²) >= 11 is 1.45. The van der Waals surface area contributed by atoms with Crippen molar-refractivity contribution in [1.29, 1.82) is 0 Å².